The fourth-order valence-corrected chi connectivity index (χ4v) is 4.11. The van der Waals surface area contributed by atoms with Crippen molar-refractivity contribution in [3.8, 4) is 5.75 Å². The standard InChI is InChI=1S/C22H29N5O3/c1-29-14-13-27-12-11-17-18(27)7-4-8-19(17)30-15-21(28)24-22-23-20(25-26-22)10-9-16-5-2-3-6-16/h4,7-8,11-12,16H,2-3,5-6,9-10,13-15H2,1H3,(H2,23,24,25,26,28). The predicted molar refractivity (Wildman–Crippen MR) is 115 cm³/mol. The van der Waals surface area contributed by atoms with Crippen LogP contribution in [0.15, 0.2) is 30.5 Å². The molecule has 160 valence electrons. The minimum absolute atomic E-state index is 0.103. The number of ether oxygens (including phenoxy) is 2. The van der Waals surface area contributed by atoms with Gasteiger partial charge in [0, 0.05) is 31.7 Å². The number of hydrogen-bond donors (Lipinski definition) is 2. The van der Waals surface area contributed by atoms with Crippen LogP contribution in [0.1, 0.15) is 37.9 Å². The van der Waals surface area contributed by atoms with Crippen LogP contribution in [-0.4, -0.2) is 46.0 Å². The van der Waals surface area contributed by atoms with E-state index in [1.807, 2.05) is 30.5 Å². The molecule has 8 heteroatoms. The van der Waals surface area contributed by atoms with Crippen molar-refractivity contribution in [2.24, 2.45) is 5.92 Å². The van der Waals surface area contributed by atoms with Crippen molar-refractivity contribution in [3.05, 3.63) is 36.3 Å². The van der Waals surface area contributed by atoms with Crippen molar-refractivity contribution >= 4 is 22.8 Å². The number of anilines is 1. The largest absolute Gasteiger partial charge is 0.483 e. The van der Waals surface area contributed by atoms with Crippen LogP contribution in [0.25, 0.3) is 10.9 Å². The zero-order chi connectivity index (χ0) is 20.8. The Morgan fingerprint density at radius 2 is 2.17 bits per heavy atom. The fourth-order valence-electron chi connectivity index (χ4n) is 4.11. The van der Waals surface area contributed by atoms with Gasteiger partial charge in [-0.05, 0) is 30.5 Å². The molecule has 0 atom stereocenters. The Morgan fingerprint density at radius 1 is 1.30 bits per heavy atom. The van der Waals surface area contributed by atoms with Crippen LogP contribution in [0.4, 0.5) is 5.95 Å². The molecule has 0 aliphatic heterocycles. The number of aromatic nitrogens is 4. The Balaban J connectivity index is 1.29. The lowest BCUT2D eigenvalue weighted by Gasteiger charge is -2.08. The van der Waals surface area contributed by atoms with Crippen LogP contribution in [0.3, 0.4) is 0 Å². The van der Waals surface area contributed by atoms with Gasteiger partial charge in [-0.15, -0.1) is 5.10 Å². The molecular weight excluding hydrogens is 382 g/mol. The highest BCUT2D eigenvalue weighted by atomic mass is 16.5. The molecular formula is C22H29N5O3. The monoisotopic (exact) mass is 411 g/mol. The first-order valence-electron chi connectivity index (χ1n) is 10.6. The molecule has 1 fully saturated rings. The number of H-pyrrole nitrogens is 1. The quantitative estimate of drug-likeness (QED) is 0.532. The Hall–Kier alpha value is -2.87. The van der Waals surface area contributed by atoms with Gasteiger partial charge in [0.1, 0.15) is 11.6 Å². The van der Waals surface area contributed by atoms with Gasteiger partial charge in [-0.1, -0.05) is 31.7 Å². The number of nitrogens with one attached hydrogen (secondary N) is 2. The minimum Gasteiger partial charge on any atom is -0.483 e. The number of aromatic amines is 1. The zero-order valence-electron chi connectivity index (χ0n) is 17.4. The van der Waals surface area contributed by atoms with E-state index in [4.69, 9.17) is 9.47 Å². The first-order chi connectivity index (χ1) is 14.7. The molecule has 0 unspecified atom stereocenters. The third-order valence-corrected chi connectivity index (χ3v) is 5.72. The molecule has 1 amide bonds. The van der Waals surface area contributed by atoms with Crippen LogP contribution >= 0.6 is 0 Å². The van der Waals surface area contributed by atoms with Gasteiger partial charge in [-0.2, -0.15) is 4.98 Å². The maximum absolute atomic E-state index is 12.3. The highest BCUT2D eigenvalue weighted by Gasteiger charge is 2.16. The van der Waals surface area contributed by atoms with Gasteiger partial charge in [-0.25, -0.2) is 0 Å². The second-order valence-electron chi connectivity index (χ2n) is 7.82. The van der Waals surface area contributed by atoms with E-state index in [0.717, 1.165) is 42.0 Å². The number of benzene rings is 1. The zero-order valence-corrected chi connectivity index (χ0v) is 17.4. The molecule has 8 nitrogen and oxygen atoms in total. The van der Waals surface area contributed by atoms with Gasteiger partial charge >= 0.3 is 0 Å². The summed E-state index contributed by atoms with van der Waals surface area (Å²) in [6.07, 6.45) is 9.31. The summed E-state index contributed by atoms with van der Waals surface area (Å²) in [6, 6.07) is 7.80. The Kier molecular flexibility index (Phi) is 6.63. The maximum Gasteiger partial charge on any atom is 0.264 e. The molecule has 1 aliphatic carbocycles. The molecule has 4 rings (SSSR count). The van der Waals surface area contributed by atoms with Gasteiger partial charge in [0.2, 0.25) is 5.95 Å². The normalized spacial score (nSPS) is 14.4. The van der Waals surface area contributed by atoms with E-state index in [9.17, 15) is 4.79 Å². The number of aryl methyl sites for hydroxylation is 1. The minimum atomic E-state index is -0.285. The predicted octanol–water partition coefficient (Wildman–Crippen LogP) is 3.55. The van der Waals surface area contributed by atoms with E-state index < -0.39 is 0 Å². The molecule has 1 aromatic carbocycles. The number of amides is 1. The average molecular weight is 412 g/mol. The topological polar surface area (TPSA) is 94.1 Å². The molecule has 1 aliphatic rings. The maximum atomic E-state index is 12.3. The summed E-state index contributed by atoms with van der Waals surface area (Å²) in [4.78, 5) is 16.7. The molecule has 0 spiro atoms. The Morgan fingerprint density at radius 3 is 3.00 bits per heavy atom. The van der Waals surface area contributed by atoms with Crippen molar-refractivity contribution in [2.75, 3.05) is 25.6 Å². The summed E-state index contributed by atoms with van der Waals surface area (Å²) < 4.78 is 13.0. The second-order valence-corrected chi connectivity index (χ2v) is 7.82. The summed E-state index contributed by atoms with van der Waals surface area (Å²) in [5, 5.41) is 10.7. The van der Waals surface area contributed by atoms with Gasteiger partial charge in [0.15, 0.2) is 6.61 Å². The van der Waals surface area contributed by atoms with Crippen molar-refractivity contribution in [2.45, 2.75) is 45.1 Å². The van der Waals surface area contributed by atoms with E-state index in [0.29, 0.717) is 18.3 Å². The summed E-state index contributed by atoms with van der Waals surface area (Å²) in [7, 11) is 1.69. The SMILES string of the molecule is COCCn1ccc2c(OCC(=O)Nc3n[nH]c(CCC4CCCC4)n3)cccc21. The number of carbonyl (C=O) groups excluding carboxylic acids is 1. The van der Waals surface area contributed by atoms with Gasteiger partial charge in [0.25, 0.3) is 5.91 Å². The lowest BCUT2D eigenvalue weighted by molar-refractivity contribution is -0.118. The van der Waals surface area contributed by atoms with E-state index >= 15 is 0 Å². The molecule has 1 saturated carbocycles. The molecule has 2 aromatic heterocycles. The van der Waals surface area contributed by atoms with Gasteiger partial charge < -0.3 is 14.0 Å². The van der Waals surface area contributed by atoms with E-state index in [-0.39, 0.29) is 12.5 Å². The van der Waals surface area contributed by atoms with Crippen molar-refractivity contribution in [1.29, 1.82) is 0 Å². The van der Waals surface area contributed by atoms with Crippen molar-refractivity contribution in [1.82, 2.24) is 19.7 Å². The summed E-state index contributed by atoms with van der Waals surface area (Å²) in [5.74, 6) is 2.31. The van der Waals surface area contributed by atoms with Crippen LogP contribution < -0.4 is 10.1 Å². The number of hydrogen-bond acceptors (Lipinski definition) is 5. The molecule has 2 heterocycles. The van der Waals surface area contributed by atoms with Gasteiger partial charge in [-0.3, -0.25) is 15.2 Å². The molecule has 0 bridgehead atoms. The number of nitrogens with zero attached hydrogens (tertiary/aromatic N) is 3. The number of carbonyl (C=O) groups is 1. The summed E-state index contributed by atoms with van der Waals surface area (Å²) in [5.41, 5.74) is 1.05. The van der Waals surface area contributed by atoms with Crippen LogP contribution in [0, 0.1) is 5.92 Å². The molecule has 30 heavy (non-hydrogen) atoms. The second kappa shape index (κ2) is 9.75. The van der Waals surface area contributed by atoms with E-state index in [1.165, 1.54) is 25.7 Å². The lowest BCUT2D eigenvalue weighted by atomic mass is 10.0. The lowest BCUT2D eigenvalue weighted by Crippen LogP contribution is -2.21. The first-order valence-corrected chi connectivity index (χ1v) is 10.6. The van der Waals surface area contributed by atoms with Crippen LogP contribution in [-0.2, 0) is 22.5 Å². The van der Waals surface area contributed by atoms with Crippen LogP contribution in [0.2, 0.25) is 0 Å². The summed E-state index contributed by atoms with van der Waals surface area (Å²) >= 11 is 0. The molecule has 0 radical (unpaired) electrons. The highest BCUT2D eigenvalue weighted by molar-refractivity contribution is 5.91. The number of methoxy groups -OCH3 is 1. The third-order valence-electron chi connectivity index (χ3n) is 5.72. The number of fused-ring (bicyclic) bond motifs is 1. The molecule has 3 aromatic rings. The highest BCUT2D eigenvalue weighted by Crippen LogP contribution is 2.28. The fraction of sp³-hybridized carbons (Fsp3) is 0.500. The van der Waals surface area contributed by atoms with E-state index in [2.05, 4.69) is 25.1 Å². The Labute approximate surface area is 176 Å². The summed E-state index contributed by atoms with van der Waals surface area (Å²) in [6.45, 7) is 1.29. The molecule has 2 N–H and O–H groups in total. The molecule has 0 saturated heterocycles. The van der Waals surface area contributed by atoms with E-state index in [1.54, 1.807) is 7.11 Å². The van der Waals surface area contributed by atoms with Crippen LogP contribution in [0.5, 0.6) is 5.75 Å². The first kappa shape index (κ1) is 20.4. The average Bonchev–Trinajstić information content (AvgIpc) is 3.50. The Bertz CT molecular complexity index is 974. The third kappa shape index (κ3) is 4.99. The van der Waals surface area contributed by atoms with Crippen molar-refractivity contribution in [3.63, 3.8) is 0 Å². The number of rotatable bonds is 10. The smallest absolute Gasteiger partial charge is 0.264 e. The van der Waals surface area contributed by atoms with Gasteiger partial charge in [0.05, 0.1) is 12.1 Å². The van der Waals surface area contributed by atoms with Crippen molar-refractivity contribution < 1.29 is 14.3 Å².